The Labute approximate surface area is 97.2 Å². The number of aromatic nitrogens is 1. The molecule has 1 aromatic heterocycles. The zero-order valence-corrected chi connectivity index (χ0v) is 9.98. The van der Waals surface area contributed by atoms with E-state index in [1.54, 1.807) is 7.11 Å². The van der Waals surface area contributed by atoms with E-state index in [0.29, 0.717) is 0 Å². The lowest BCUT2D eigenvalue weighted by molar-refractivity contribution is 0.199. The first-order valence-corrected chi connectivity index (χ1v) is 5.83. The van der Waals surface area contributed by atoms with Crippen molar-refractivity contribution in [3.63, 3.8) is 0 Å². The zero-order chi connectivity index (χ0) is 11.6. The largest absolute Gasteiger partial charge is 0.396 e. The maximum absolute atomic E-state index is 8.73. The third kappa shape index (κ3) is 4.79. The average molecular weight is 226 g/mol. The van der Waals surface area contributed by atoms with E-state index in [2.05, 4.69) is 28.2 Å². The first-order valence-electron chi connectivity index (χ1n) is 5.83. The number of aliphatic hydroxyl groups excluding tert-OH is 1. The van der Waals surface area contributed by atoms with Crippen LogP contribution in [0.1, 0.15) is 18.5 Å². The molecule has 0 fully saturated rings. The third-order valence-corrected chi connectivity index (χ3v) is 2.52. The van der Waals surface area contributed by atoms with Crippen molar-refractivity contribution < 1.29 is 9.84 Å². The van der Waals surface area contributed by atoms with Crippen molar-refractivity contribution in [3.8, 4) is 0 Å². The molecular weight excluding hydrogens is 204 g/mol. The van der Waals surface area contributed by atoms with Crippen LogP contribution >= 0.6 is 0 Å². The maximum Gasteiger partial charge on any atom is 0.0587 e. The van der Waals surface area contributed by atoms with Crippen molar-refractivity contribution >= 4 is 0 Å². The molecule has 0 amide bonds. The normalized spacial score (nSPS) is 10.9. The van der Waals surface area contributed by atoms with Gasteiger partial charge in [-0.1, -0.05) is 0 Å². The highest BCUT2D eigenvalue weighted by molar-refractivity contribution is 5.06. The summed E-state index contributed by atoms with van der Waals surface area (Å²) in [5.41, 5.74) is 1.29. The molecular formula is C12H22N2O2. The minimum atomic E-state index is 0.280. The van der Waals surface area contributed by atoms with Gasteiger partial charge in [-0.15, -0.1) is 0 Å². The van der Waals surface area contributed by atoms with Crippen LogP contribution in [-0.4, -0.2) is 36.5 Å². The molecule has 0 aliphatic rings. The summed E-state index contributed by atoms with van der Waals surface area (Å²) in [6.45, 7) is 3.75. The summed E-state index contributed by atoms with van der Waals surface area (Å²) >= 11 is 0. The fourth-order valence-electron chi connectivity index (χ4n) is 1.61. The number of methoxy groups -OCH3 is 1. The highest BCUT2D eigenvalue weighted by Crippen LogP contribution is 2.04. The van der Waals surface area contributed by atoms with Gasteiger partial charge in [-0.3, -0.25) is 0 Å². The van der Waals surface area contributed by atoms with E-state index in [1.165, 1.54) is 5.69 Å². The van der Waals surface area contributed by atoms with E-state index in [0.717, 1.165) is 39.1 Å². The van der Waals surface area contributed by atoms with Crippen molar-refractivity contribution in [3.05, 3.63) is 24.0 Å². The van der Waals surface area contributed by atoms with Gasteiger partial charge in [0.05, 0.1) is 6.61 Å². The molecule has 92 valence electrons. The summed E-state index contributed by atoms with van der Waals surface area (Å²) < 4.78 is 7.21. The van der Waals surface area contributed by atoms with Gasteiger partial charge in [-0.2, -0.15) is 0 Å². The molecule has 0 spiro atoms. The van der Waals surface area contributed by atoms with E-state index in [9.17, 15) is 0 Å². The summed E-state index contributed by atoms with van der Waals surface area (Å²) in [6.07, 6.45) is 3.98. The quantitative estimate of drug-likeness (QED) is 0.617. The lowest BCUT2D eigenvalue weighted by Gasteiger charge is -2.09. The van der Waals surface area contributed by atoms with Crippen molar-refractivity contribution in [2.45, 2.75) is 25.9 Å². The van der Waals surface area contributed by atoms with Crippen LogP contribution in [-0.2, 0) is 17.8 Å². The van der Waals surface area contributed by atoms with Crippen LogP contribution < -0.4 is 5.32 Å². The van der Waals surface area contributed by atoms with Crippen LogP contribution in [0, 0.1) is 0 Å². The Hall–Kier alpha value is -0.840. The second-order valence-electron chi connectivity index (χ2n) is 3.79. The van der Waals surface area contributed by atoms with Crippen LogP contribution in [0.15, 0.2) is 18.3 Å². The molecule has 0 unspecified atom stereocenters. The number of hydrogen-bond acceptors (Lipinski definition) is 3. The Morgan fingerprint density at radius 3 is 3.06 bits per heavy atom. The minimum absolute atomic E-state index is 0.280. The molecule has 0 radical (unpaired) electrons. The molecule has 0 aromatic carbocycles. The van der Waals surface area contributed by atoms with Crippen LogP contribution in [0.25, 0.3) is 0 Å². The van der Waals surface area contributed by atoms with Crippen LogP contribution in [0.4, 0.5) is 0 Å². The van der Waals surface area contributed by atoms with E-state index < -0.39 is 0 Å². The van der Waals surface area contributed by atoms with Gasteiger partial charge < -0.3 is 19.7 Å². The lowest BCUT2D eigenvalue weighted by Crippen LogP contribution is -2.20. The second-order valence-corrected chi connectivity index (χ2v) is 3.79. The van der Waals surface area contributed by atoms with Gasteiger partial charge in [-0.25, -0.2) is 0 Å². The van der Waals surface area contributed by atoms with Crippen LogP contribution in [0.2, 0.25) is 0 Å². The van der Waals surface area contributed by atoms with E-state index in [4.69, 9.17) is 9.84 Å². The first kappa shape index (κ1) is 13.2. The predicted molar refractivity (Wildman–Crippen MR) is 64.3 cm³/mol. The summed E-state index contributed by atoms with van der Waals surface area (Å²) in [4.78, 5) is 0. The van der Waals surface area contributed by atoms with Gasteiger partial charge in [-0.05, 0) is 25.0 Å². The summed E-state index contributed by atoms with van der Waals surface area (Å²) in [5, 5.41) is 12.1. The number of nitrogens with zero attached hydrogens (tertiary/aromatic N) is 1. The Morgan fingerprint density at radius 1 is 1.44 bits per heavy atom. The first-order chi connectivity index (χ1) is 7.88. The number of aryl methyl sites for hydroxylation is 1. The average Bonchev–Trinajstić information content (AvgIpc) is 2.73. The number of nitrogens with one attached hydrogen (secondary N) is 1. The van der Waals surface area contributed by atoms with Gasteiger partial charge in [0.1, 0.15) is 0 Å². The zero-order valence-electron chi connectivity index (χ0n) is 9.98. The number of hydrogen-bond donors (Lipinski definition) is 2. The summed E-state index contributed by atoms with van der Waals surface area (Å²) in [5.74, 6) is 0. The molecule has 0 saturated carbocycles. The van der Waals surface area contributed by atoms with Gasteiger partial charge in [0, 0.05) is 45.2 Å². The van der Waals surface area contributed by atoms with Gasteiger partial charge in [0.25, 0.3) is 0 Å². The van der Waals surface area contributed by atoms with E-state index >= 15 is 0 Å². The Bertz CT molecular complexity index is 274. The standard InChI is InChI=1S/C12H22N2O2/c1-16-10-6-13-11-12-5-4-8-14(12)7-2-3-9-15/h4-5,8,13,15H,2-3,6-7,9-11H2,1H3. The van der Waals surface area contributed by atoms with E-state index in [1.807, 2.05) is 0 Å². The monoisotopic (exact) mass is 226 g/mol. The molecule has 16 heavy (non-hydrogen) atoms. The number of ether oxygens (including phenoxy) is 1. The molecule has 0 aliphatic heterocycles. The van der Waals surface area contributed by atoms with Crippen molar-refractivity contribution in [1.29, 1.82) is 0 Å². The molecule has 0 atom stereocenters. The van der Waals surface area contributed by atoms with Crippen LogP contribution in [0.5, 0.6) is 0 Å². The van der Waals surface area contributed by atoms with E-state index in [-0.39, 0.29) is 6.61 Å². The molecule has 0 saturated heterocycles. The topological polar surface area (TPSA) is 46.4 Å². The summed E-state index contributed by atoms with van der Waals surface area (Å²) in [7, 11) is 1.71. The molecule has 0 bridgehead atoms. The molecule has 4 nitrogen and oxygen atoms in total. The Morgan fingerprint density at radius 2 is 2.31 bits per heavy atom. The highest BCUT2D eigenvalue weighted by atomic mass is 16.5. The second kappa shape index (κ2) is 8.33. The molecule has 2 N–H and O–H groups in total. The van der Waals surface area contributed by atoms with Gasteiger partial charge >= 0.3 is 0 Å². The molecule has 1 aromatic rings. The van der Waals surface area contributed by atoms with Crippen molar-refractivity contribution in [2.75, 3.05) is 26.9 Å². The van der Waals surface area contributed by atoms with Gasteiger partial charge in [0.2, 0.25) is 0 Å². The molecule has 0 aliphatic carbocycles. The lowest BCUT2D eigenvalue weighted by atomic mass is 10.3. The third-order valence-electron chi connectivity index (χ3n) is 2.52. The minimum Gasteiger partial charge on any atom is -0.396 e. The fourth-order valence-corrected chi connectivity index (χ4v) is 1.61. The van der Waals surface area contributed by atoms with Crippen molar-refractivity contribution in [2.24, 2.45) is 0 Å². The fraction of sp³-hybridized carbons (Fsp3) is 0.667. The predicted octanol–water partition coefficient (Wildman–Crippen LogP) is 0.997. The number of unbranched alkanes of at least 4 members (excludes halogenated alkanes) is 1. The highest BCUT2D eigenvalue weighted by Gasteiger charge is 1.99. The number of rotatable bonds is 9. The maximum atomic E-state index is 8.73. The SMILES string of the molecule is COCCNCc1cccn1CCCCO. The smallest absolute Gasteiger partial charge is 0.0587 e. The van der Waals surface area contributed by atoms with Crippen LogP contribution in [0.3, 0.4) is 0 Å². The Kier molecular flexibility index (Phi) is 6.88. The van der Waals surface area contributed by atoms with Gasteiger partial charge in [0.15, 0.2) is 0 Å². The Balaban J connectivity index is 2.26. The summed E-state index contributed by atoms with van der Waals surface area (Å²) in [6, 6.07) is 4.19. The molecule has 1 heterocycles. The number of aliphatic hydroxyl groups is 1. The molecule has 4 heteroatoms. The molecule has 1 rings (SSSR count). The van der Waals surface area contributed by atoms with Crippen molar-refractivity contribution in [1.82, 2.24) is 9.88 Å².